The summed E-state index contributed by atoms with van der Waals surface area (Å²) in [5.41, 5.74) is -0.297. The molecule has 1 saturated carbocycles. The Morgan fingerprint density at radius 3 is 2.56 bits per heavy atom. The van der Waals surface area contributed by atoms with Crippen LogP contribution in [0.5, 0.6) is 5.75 Å². The highest BCUT2D eigenvalue weighted by molar-refractivity contribution is 5.98. The number of carboxylic acids is 1. The van der Waals surface area contributed by atoms with Crippen molar-refractivity contribution in [1.29, 1.82) is 0 Å². The van der Waals surface area contributed by atoms with E-state index in [4.69, 9.17) is 5.11 Å². The maximum Gasteiger partial charge on any atom is 0.573 e. The smallest absolute Gasteiger partial charge is 0.481 e. The van der Waals surface area contributed by atoms with Crippen LogP contribution >= 0.6 is 0 Å². The summed E-state index contributed by atoms with van der Waals surface area (Å²) in [4.78, 5) is 26.1. The summed E-state index contributed by atoms with van der Waals surface area (Å²) in [6, 6.07) is 5.20. The van der Waals surface area contributed by atoms with E-state index in [2.05, 4.69) is 15.0 Å². The fraction of sp³-hybridized carbons (Fsp3) is 0.375. The monoisotopic (exact) mass is 356 g/mol. The van der Waals surface area contributed by atoms with E-state index in [0.717, 1.165) is 18.6 Å². The molecule has 9 heteroatoms. The second kappa shape index (κ2) is 5.98. The second-order valence-electron chi connectivity index (χ2n) is 6.14. The molecule has 0 spiro atoms. The number of aromatic nitrogens is 1. The second-order valence-corrected chi connectivity index (χ2v) is 6.14. The molecule has 1 aromatic carbocycles. The molecule has 1 heterocycles. The number of halogens is 3. The fourth-order valence-electron chi connectivity index (χ4n) is 2.97. The van der Waals surface area contributed by atoms with Crippen molar-refractivity contribution in [2.24, 2.45) is 0 Å². The molecule has 0 aliphatic heterocycles. The van der Waals surface area contributed by atoms with Crippen molar-refractivity contribution in [1.82, 2.24) is 10.3 Å². The zero-order valence-electron chi connectivity index (χ0n) is 12.9. The van der Waals surface area contributed by atoms with Gasteiger partial charge in [-0.3, -0.25) is 9.59 Å². The van der Waals surface area contributed by atoms with Gasteiger partial charge >= 0.3 is 12.3 Å². The zero-order chi connectivity index (χ0) is 18.2. The van der Waals surface area contributed by atoms with Gasteiger partial charge in [0.25, 0.3) is 5.91 Å². The first-order valence-electron chi connectivity index (χ1n) is 7.59. The van der Waals surface area contributed by atoms with Crippen molar-refractivity contribution in [2.45, 2.75) is 37.6 Å². The first kappa shape index (κ1) is 17.1. The predicted octanol–water partition coefficient (Wildman–Crippen LogP) is 3.19. The number of hydrogen-bond donors (Lipinski definition) is 3. The molecule has 1 fully saturated rings. The van der Waals surface area contributed by atoms with Crippen molar-refractivity contribution >= 4 is 22.8 Å². The van der Waals surface area contributed by atoms with Gasteiger partial charge in [-0.05, 0) is 37.5 Å². The Kier molecular flexibility index (Phi) is 4.09. The number of nitrogens with one attached hydrogen (secondary N) is 2. The van der Waals surface area contributed by atoms with Crippen LogP contribution in [0.4, 0.5) is 13.2 Å². The summed E-state index contributed by atoms with van der Waals surface area (Å²) in [6.07, 6.45) is -2.97. The summed E-state index contributed by atoms with van der Waals surface area (Å²) in [5, 5.41) is 12.2. The van der Waals surface area contributed by atoms with E-state index in [-0.39, 0.29) is 12.1 Å². The maximum atomic E-state index is 12.4. The molecule has 3 rings (SSSR count). The molecule has 6 nitrogen and oxygen atoms in total. The quantitative estimate of drug-likeness (QED) is 0.767. The highest BCUT2D eigenvalue weighted by atomic mass is 19.4. The first-order valence-corrected chi connectivity index (χ1v) is 7.59. The number of carboxylic acid groups (broad SMARTS) is 1. The average Bonchev–Trinajstić information content (AvgIpc) is 2.85. The van der Waals surface area contributed by atoms with Crippen molar-refractivity contribution in [2.75, 3.05) is 0 Å². The molecule has 0 saturated heterocycles. The van der Waals surface area contributed by atoms with Crippen molar-refractivity contribution in [3.05, 3.63) is 30.0 Å². The molecule has 1 aromatic heterocycles. The molecular formula is C16H15F3N2O4. The van der Waals surface area contributed by atoms with Crippen LogP contribution in [0.2, 0.25) is 0 Å². The van der Waals surface area contributed by atoms with Crippen LogP contribution in [0.25, 0.3) is 10.9 Å². The summed E-state index contributed by atoms with van der Waals surface area (Å²) in [7, 11) is 0. The van der Waals surface area contributed by atoms with Crippen LogP contribution in [0.3, 0.4) is 0 Å². The third-order valence-corrected chi connectivity index (χ3v) is 4.25. The van der Waals surface area contributed by atoms with Gasteiger partial charge in [0.15, 0.2) is 0 Å². The number of H-pyrrole nitrogens is 1. The molecule has 1 amide bonds. The van der Waals surface area contributed by atoms with Crippen molar-refractivity contribution in [3.63, 3.8) is 0 Å². The molecule has 2 aromatic rings. The maximum absolute atomic E-state index is 12.4. The lowest BCUT2D eigenvalue weighted by molar-refractivity contribution is -0.274. The Labute approximate surface area is 140 Å². The standard InChI is InChI=1S/C16H15F3N2O4/c17-16(18,19)25-10-3-2-9-6-12(20-11(9)7-10)14(24)21-15(4-1-5-15)8-13(22)23/h2-3,6-7,20H,1,4-5,8H2,(H,21,24)(H,22,23). The number of aliphatic carboxylic acids is 1. The Morgan fingerprint density at radius 1 is 1.28 bits per heavy atom. The van der Waals surface area contributed by atoms with Crippen LogP contribution < -0.4 is 10.1 Å². The van der Waals surface area contributed by atoms with Gasteiger partial charge in [-0.1, -0.05) is 0 Å². The number of aromatic amines is 1. The van der Waals surface area contributed by atoms with Gasteiger partial charge in [-0.25, -0.2) is 0 Å². The van der Waals surface area contributed by atoms with E-state index >= 15 is 0 Å². The topological polar surface area (TPSA) is 91.4 Å². The summed E-state index contributed by atoms with van der Waals surface area (Å²) in [6.45, 7) is 0. The number of amides is 1. The van der Waals surface area contributed by atoms with Crippen LogP contribution in [-0.4, -0.2) is 33.9 Å². The molecule has 134 valence electrons. The minimum atomic E-state index is -4.80. The molecule has 0 bridgehead atoms. The van der Waals surface area contributed by atoms with E-state index in [1.807, 2.05) is 0 Å². The Morgan fingerprint density at radius 2 is 2.00 bits per heavy atom. The lowest BCUT2D eigenvalue weighted by atomic mass is 9.74. The molecule has 0 radical (unpaired) electrons. The lowest BCUT2D eigenvalue weighted by Gasteiger charge is -2.41. The molecular weight excluding hydrogens is 341 g/mol. The summed E-state index contributed by atoms with van der Waals surface area (Å²) < 4.78 is 40.6. The van der Waals surface area contributed by atoms with Crippen LogP contribution in [0, 0.1) is 0 Å². The van der Waals surface area contributed by atoms with Gasteiger partial charge in [0, 0.05) is 17.0 Å². The number of hydrogen-bond acceptors (Lipinski definition) is 3. The van der Waals surface area contributed by atoms with Gasteiger partial charge in [-0.2, -0.15) is 0 Å². The van der Waals surface area contributed by atoms with Gasteiger partial charge in [-0.15, -0.1) is 13.2 Å². The van der Waals surface area contributed by atoms with Gasteiger partial charge < -0.3 is 20.1 Å². The van der Waals surface area contributed by atoms with E-state index in [9.17, 15) is 22.8 Å². The van der Waals surface area contributed by atoms with Crippen LogP contribution in [0.1, 0.15) is 36.2 Å². The number of ether oxygens (including phenoxy) is 1. The number of alkyl halides is 3. The zero-order valence-corrected chi connectivity index (χ0v) is 12.9. The van der Waals surface area contributed by atoms with Crippen molar-refractivity contribution < 1.29 is 32.6 Å². The van der Waals surface area contributed by atoms with Crippen LogP contribution in [0.15, 0.2) is 24.3 Å². The van der Waals surface area contributed by atoms with Gasteiger partial charge in [0.1, 0.15) is 11.4 Å². The molecule has 3 N–H and O–H groups in total. The third-order valence-electron chi connectivity index (χ3n) is 4.25. The highest BCUT2D eigenvalue weighted by Crippen LogP contribution is 2.35. The molecule has 1 aliphatic carbocycles. The number of rotatable bonds is 5. The summed E-state index contributed by atoms with van der Waals surface area (Å²) >= 11 is 0. The number of carbonyl (C=O) groups excluding carboxylic acids is 1. The van der Waals surface area contributed by atoms with Crippen molar-refractivity contribution in [3.8, 4) is 5.75 Å². The number of fused-ring (bicyclic) bond motifs is 1. The van der Waals surface area contributed by atoms with E-state index in [1.54, 1.807) is 0 Å². The average molecular weight is 356 g/mol. The minimum Gasteiger partial charge on any atom is -0.481 e. The largest absolute Gasteiger partial charge is 0.573 e. The SMILES string of the molecule is O=C(O)CC1(NC(=O)c2cc3ccc(OC(F)(F)F)cc3[nH]2)CCC1. The Balaban J connectivity index is 1.79. The highest BCUT2D eigenvalue weighted by Gasteiger charge is 2.40. The lowest BCUT2D eigenvalue weighted by Crippen LogP contribution is -2.54. The van der Waals surface area contributed by atoms with E-state index in [0.29, 0.717) is 23.7 Å². The number of benzene rings is 1. The molecule has 1 aliphatic rings. The predicted molar refractivity (Wildman–Crippen MR) is 81.3 cm³/mol. The number of carbonyl (C=O) groups is 2. The Bertz CT molecular complexity index is 824. The first-order chi connectivity index (χ1) is 11.7. The molecule has 25 heavy (non-hydrogen) atoms. The summed E-state index contributed by atoms with van der Waals surface area (Å²) in [5.74, 6) is -1.88. The van der Waals surface area contributed by atoms with E-state index < -0.39 is 29.5 Å². The normalized spacial score (nSPS) is 16.3. The minimum absolute atomic E-state index is 0.149. The fourth-order valence-corrected chi connectivity index (χ4v) is 2.97. The Hall–Kier alpha value is -2.71. The molecule has 0 atom stereocenters. The van der Waals surface area contributed by atoms with Gasteiger partial charge in [0.05, 0.1) is 12.0 Å². The molecule has 0 unspecified atom stereocenters. The third kappa shape index (κ3) is 3.86. The van der Waals surface area contributed by atoms with Gasteiger partial charge in [0.2, 0.25) is 0 Å². The van der Waals surface area contributed by atoms with E-state index in [1.165, 1.54) is 12.1 Å². The van der Waals surface area contributed by atoms with Crippen LogP contribution in [-0.2, 0) is 4.79 Å².